The summed E-state index contributed by atoms with van der Waals surface area (Å²) in [4.78, 5) is 49.9. The Morgan fingerprint density at radius 2 is 1.70 bits per heavy atom. The molecule has 0 saturated heterocycles. The van der Waals surface area contributed by atoms with Crippen LogP contribution in [0.2, 0.25) is 0 Å². The topological polar surface area (TPSA) is 167 Å². The predicted octanol–water partition coefficient (Wildman–Crippen LogP) is 6.97. The molecule has 1 fully saturated rings. The lowest BCUT2D eigenvalue weighted by Crippen LogP contribution is -2.37. The van der Waals surface area contributed by atoms with Gasteiger partial charge in [0, 0.05) is 35.8 Å². The van der Waals surface area contributed by atoms with E-state index in [1.54, 1.807) is 32.9 Å². The van der Waals surface area contributed by atoms with E-state index >= 15 is 0 Å². The third kappa shape index (κ3) is 7.31. The highest BCUT2D eigenvalue weighted by Gasteiger charge is 2.48. The molecule has 2 aromatic rings. The molecule has 6 rings (SSSR count). The molecule has 3 aliphatic heterocycles. The van der Waals surface area contributed by atoms with Gasteiger partial charge in [-0.2, -0.15) is 0 Å². The van der Waals surface area contributed by atoms with Crippen LogP contribution in [-0.2, 0) is 14.3 Å². The minimum Gasteiger partial charge on any atom is -0.507 e. The number of amides is 1. The molecule has 4 bridgehead atoms. The van der Waals surface area contributed by atoms with Gasteiger partial charge in [0.05, 0.1) is 22.7 Å². The number of carbonyl (C=O) groups excluding carboxylic acids is 3. The van der Waals surface area contributed by atoms with E-state index < -0.39 is 41.1 Å². The Morgan fingerprint density at radius 3 is 2.39 bits per heavy atom. The minimum atomic E-state index is -1.32. The lowest BCUT2D eigenvalue weighted by molar-refractivity contribution is -0.152. The number of hydrogen-bond donors (Lipinski definition) is 4. The number of carbonyl (C=O) groups is 3. The number of nitrogens with zero attached hydrogens (tertiary/aromatic N) is 2. The summed E-state index contributed by atoms with van der Waals surface area (Å²) in [5.74, 6) is -2.13. The van der Waals surface area contributed by atoms with Crippen LogP contribution < -0.4 is 20.8 Å². The van der Waals surface area contributed by atoms with E-state index in [4.69, 9.17) is 14.5 Å². The fraction of sp³-hybridized carbons (Fsp3) is 0.558. The summed E-state index contributed by atoms with van der Waals surface area (Å²) in [5.41, 5.74) is -0.734. The third-order valence-electron chi connectivity index (χ3n) is 11.9. The van der Waals surface area contributed by atoms with Gasteiger partial charge in [-0.1, -0.05) is 64.0 Å². The Balaban J connectivity index is 1.53. The van der Waals surface area contributed by atoms with E-state index in [0.29, 0.717) is 35.9 Å². The van der Waals surface area contributed by atoms with Crippen LogP contribution in [-0.4, -0.2) is 56.5 Å². The summed E-state index contributed by atoms with van der Waals surface area (Å²) in [7, 11) is 0. The van der Waals surface area contributed by atoms with Crippen molar-refractivity contribution in [2.45, 2.75) is 136 Å². The molecule has 1 amide bonds. The van der Waals surface area contributed by atoms with E-state index in [-0.39, 0.29) is 68.7 Å². The van der Waals surface area contributed by atoms with Crippen LogP contribution in [0, 0.1) is 24.7 Å². The summed E-state index contributed by atoms with van der Waals surface area (Å²) >= 11 is 0. The summed E-state index contributed by atoms with van der Waals surface area (Å²) in [6, 6.07) is 0. The zero-order valence-corrected chi connectivity index (χ0v) is 32.6. The van der Waals surface area contributed by atoms with Gasteiger partial charge in [-0.25, -0.2) is 4.99 Å². The number of Topliss-reactive ketones (excluding diaryl/α,β-unsaturated/α-hetero) is 1. The molecule has 6 atom stereocenters. The summed E-state index contributed by atoms with van der Waals surface area (Å²) in [5, 5.41) is 39.2. The normalized spacial score (nSPS) is 31.0. The van der Waals surface area contributed by atoms with E-state index in [0.717, 1.165) is 38.5 Å². The number of hydrogen-bond acceptors (Lipinski definition) is 10. The standard InChI is InChI=1S/C43H55N3O8/c1-23-16-15-17-24(2)41(52)44-35-34-33(45-43(46-34)20-13-8-9-14-21-43)30-31(38(35)50)37(49)27(5)39-32(30)40(51)42(7,54-39)19-12-10-11-18-29(53-28(6)47)26(4)36(48)25(3)22-23/h10,12,15-17,23,25-26,29,36,45,48-50H,8-9,11,13-14,18-22H2,1-7H3/b12-10+,16-15+,24-17-,44-35?/t23?,25-,26+,29?,36?,42-/m1/s1. The van der Waals surface area contributed by atoms with Crippen molar-refractivity contribution in [3.05, 3.63) is 57.8 Å². The molecule has 4 aliphatic rings. The SMILES string of the molecule is CC(=O)OC1CC/C=C/C[C@@]2(C)Oc3c(C)c(O)c4c(O)c(c5c(c4c3C2=O)NC2(CCCCCC2)N=5)=NC(=O)/C(C)=C\C=C\C(C)C[C@@H](C)C(O)[C@H]1C. The molecule has 2 aromatic carbocycles. The maximum Gasteiger partial charge on any atom is 0.302 e. The smallest absolute Gasteiger partial charge is 0.302 e. The van der Waals surface area contributed by atoms with Crippen LogP contribution in [0.1, 0.15) is 122 Å². The van der Waals surface area contributed by atoms with Gasteiger partial charge in [0.25, 0.3) is 5.91 Å². The molecule has 4 N–H and O–H groups in total. The Morgan fingerprint density at radius 1 is 1.00 bits per heavy atom. The van der Waals surface area contributed by atoms with Gasteiger partial charge in [0.2, 0.25) is 5.78 Å². The number of ether oxygens (including phenoxy) is 2. The largest absolute Gasteiger partial charge is 0.507 e. The second-order valence-electron chi connectivity index (χ2n) is 16.3. The molecule has 0 radical (unpaired) electrons. The first-order chi connectivity index (χ1) is 25.6. The van der Waals surface area contributed by atoms with Crippen molar-refractivity contribution in [2.75, 3.05) is 5.32 Å². The zero-order chi connectivity index (χ0) is 39.1. The van der Waals surface area contributed by atoms with E-state index in [1.807, 2.05) is 39.0 Å². The van der Waals surface area contributed by atoms with Gasteiger partial charge < -0.3 is 30.1 Å². The van der Waals surface area contributed by atoms with Gasteiger partial charge in [-0.3, -0.25) is 19.4 Å². The van der Waals surface area contributed by atoms with Crippen LogP contribution in [0.15, 0.2) is 45.9 Å². The molecule has 290 valence electrons. The van der Waals surface area contributed by atoms with E-state index in [2.05, 4.69) is 10.3 Å². The van der Waals surface area contributed by atoms with Crippen LogP contribution in [0.25, 0.3) is 10.8 Å². The number of phenolic OH excluding ortho intramolecular Hbond substituents is 2. The minimum absolute atomic E-state index is 0.0217. The monoisotopic (exact) mass is 741 g/mol. The number of esters is 1. The second kappa shape index (κ2) is 15.3. The number of nitrogens with one attached hydrogen (secondary N) is 1. The molecular weight excluding hydrogens is 686 g/mol. The quantitative estimate of drug-likeness (QED) is 0.137. The molecule has 1 spiro atoms. The highest BCUT2D eigenvalue weighted by Crippen LogP contribution is 2.51. The van der Waals surface area contributed by atoms with Gasteiger partial charge in [0.15, 0.2) is 11.4 Å². The molecule has 11 nitrogen and oxygen atoms in total. The van der Waals surface area contributed by atoms with Crippen LogP contribution in [0.5, 0.6) is 17.2 Å². The van der Waals surface area contributed by atoms with Gasteiger partial charge in [-0.05, 0) is 77.6 Å². The fourth-order valence-corrected chi connectivity index (χ4v) is 8.69. The number of fused-ring (bicyclic) bond motifs is 1. The Kier molecular flexibility index (Phi) is 11.1. The van der Waals surface area contributed by atoms with Gasteiger partial charge >= 0.3 is 5.97 Å². The molecule has 1 saturated carbocycles. The van der Waals surface area contributed by atoms with Crippen LogP contribution in [0.4, 0.5) is 5.69 Å². The molecule has 3 heterocycles. The number of phenols is 2. The average Bonchev–Trinajstić information content (AvgIpc) is 3.51. The van der Waals surface area contributed by atoms with Gasteiger partial charge in [-0.15, -0.1) is 0 Å². The van der Waals surface area contributed by atoms with Gasteiger partial charge in [0.1, 0.15) is 34.0 Å². The molecule has 11 heteroatoms. The Labute approximate surface area is 316 Å². The molecule has 1 aliphatic carbocycles. The van der Waals surface area contributed by atoms with Crippen molar-refractivity contribution in [1.29, 1.82) is 0 Å². The van der Waals surface area contributed by atoms with Crippen LogP contribution >= 0.6 is 0 Å². The number of anilines is 1. The maximum absolute atomic E-state index is 14.6. The number of ketones is 1. The maximum atomic E-state index is 14.6. The third-order valence-corrected chi connectivity index (χ3v) is 11.9. The Hall–Kier alpha value is -4.51. The van der Waals surface area contributed by atoms with Crippen molar-refractivity contribution in [2.24, 2.45) is 27.7 Å². The first-order valence-electron chi connectivity index (χ1n) is 19.5. The number of aliphatic hydroxyl groups is 1. The molecule has 54 heavy (non-hydrogen) atoms. The van der Waals surface area contributed by atoms with Crippen molar-refractivity contribution in [1.82, 2.24) is 0 Å². The zero-order valence-electron chi connectivity index (χ0n) is 32.6. The number of rotatable bonds is 1. The predicted molar refractivity (Wildman–Crippen MR) is 206 cm³/mol. The number of aliphatic hydroxyl groups excluding tert-OH is 1. The Bertz CT molecular complexity index is 2080. The van der Waals surface area contributed by atoms with Crippen molar-refractivity contribution < 1.29 is 39.2 Å². The first kappa shape index (κ1) is 39.2. The second-order valence-corrected chi connectivity index (χ2v) is 16.3. The summed E-state index contributed by atoms with van der Waals surface area (Å²) < 4.78 is 12.1. The van der Waals surface area contributed by atoms with E-state index in [1.165, 1.54) is 6.92 Å². The highest BCUT2D eigenvalue weighted by molar-refractivity contribution is 6.22. The lowest BCUT2D eigenvalue weighted by Gasteiger charge is -2.31. The first-order valence-corrected chi connectivity index (χ1v) is 19.5. The lowest BCUT2D eigenvalue weighted by atomic mass is 9.83. The van der Waals surface area contributed by atoms with Crippen molar-refractivity contribution in [3.8, 4) is 17.2 Å². The summed E-state index contributed by atoms with van der Waals surface area (Å²) in [6.45, 7) is 12.3. The molecular formula is C43H55N3O8. The van der Waals surface area contributed by atoms with E-state index in [9.17, 15) is 29.7 Å². The van der Waals surface area contributed by atoms with Crippen LogP contribution in [0.3, 0.4) is 0 Å². The van der Waals surface area contributed by atoms with Crippen molar-refractivity contribution in [3.63, 3.8) is 0 Å². The number of aromatic hydroxyl groups is 2. The summed E-state index contributed by atoms with van der Waals surface area (Å²) in [6.07, 6.45) is 15.3. The number of allylic oxidation sites excluding steroid dienone is 4. The fourth-order valence-electron chi connectivity index (χ4n) is 8.69. The molecule has 0 aromatic heterocycles. The number of benzene rings is 2. The van der Waals surface area contributed by atoms with Crippen molar-refractivity contribution >= 4 is 34.1 Å². The highest BCUT2D eigenvalue weighted by atomic mass is 16.5. The average molecular weight is 742 g/mol. The molecule has 3 unspecified atom stereocenters.